The lowest BCUT2D eigenvalue weighted by molar-refractivity contribution is 0.646. The lowest BCUT2D eigenvalue weighted by Crippen LogP contribution is -2.46. The molecule has 6 heteroatoms. The molecule has 3 rings (SSSR count). The van der Waals surface area contributed by atoms with Crippen molar-refractivity contribution < 1.29 is 0 Å². The maximum absolute atomic E-state index is 9.09. The second-order valence-corrected chi connectivity index (χ2v) is 6.39. The molecular formula is C15H17N5S. The summed E-state index contributed by atoms with van der Waals surface area (Å²) in [4.78, 5) is 14.7. The first-order chi connectivity index (χ1) is 10.2. The molecule has 21 heavy (non-hydrogen) atoms. The molecule has 1 aliphatic heterocycles. The van der Waals surface area contributed by atoms with Gasteiger partial charge in [-0.15, -0.1) is 11.3 Å². The number of aryl methyl sites for hydroxylation is 2. The molecule has 2 aromatic rings. The van der Waals surface area contributed by atoms with Gasteiger partial charge in [-0.25, -0.2) is 9.97 Å². The number of anilines is 2. The first-order valence-electron chi connectivity index (χ1n) is 6.97. The van der Waals surface area contributed by atoms with E-state index in [0.717, 1.165) is 42.7 Å². The van der Waals surface area contributed by atoms with E-state index in [1.807, 2.05) is 25.3 Å². The molecule has 0 radical (unpaired) electrons. The number of hydrogen-bond donors (Lipinski definition) is 0. The summed E-state index contributed by atoms with van der Waals surface area (Å²) in [5.41, 5.74) is 1.45. The standard InChI is InChI=1S/C15H17N5S/c1-11-3-4-14(18-13(11)9-16)19-5-7-20(8-6-19)15-17-10-12(2)21-15/h3-4,10H,5-8H2,1-2H3. The fourth-order valence-electron chi connectivity index (χ4n) is 2.42. The monoisotopic (exact) mass is 299 g/mol. The van der Waals surface area contributed by atoms with Crippen LogP contribution >= 0.6 is 11.3 Å². The maximum Gasteiger partial charge on any atom is 0.185 e. The summed E-state index contributed by atoms with van der Waals surface area (Å²) in [6, 6.07) is 6.12. The molecule has 0 bridgehead atoms. The second-order valence-electron chi connectivity index (χ2n) is 5.17. The highest BCUT2D eigenvalue weighted by molar-refractivity contribution is 7.15. The van der Waals surface area contributed by atoms with Crippen molar-refractivity contribution in [2.24, 2.45) is 0 Å². The number of thiazole rings is 1. The fourth-order valence-corrected chi connectivity index (χ4v) is 3.23. The maximum atomic E-state index is 9.09. The molecular weight excluding hydrogens is 282 g/mol. The SMILES string of the molecule is Cc1cnc(N2CCN(c3ccc(C)c(C#N)n3)CC2)s1. The lowest BCUT2D eigenvalue weighted by Gasteiger charge is -2.35. The van der Waals surface area contributed by atoms with Gasteiger partial charge in [0.2, 0.25) is 0 Å². The average molecular weight is 299 g/mol. The first-order valence-corrected chi connectivity index (χ1v) is 7.79. The Balaban J connectivity index is 1.70. The normalized spacial score (nSPS) is 15.1. The molecule has 108 valence electrons. The number of rotatable bonds is 2. The Bertz CT molecular complexity index is 680. The van der Waals surface area contributed by atoms with Gasteiger partial charge in [0.1, 0.15) is 17.6 Å². The van der Waals surface area contributed by atoms with Crippen LogP contribution in [0.25, 0.3) is 0 Å². The zero-order valence-electron chi connectivity index (χ0n) is 12.2. The topological polar surface area (TPSA) is 56.1 Å². The van der Waals surface area contributed by atoms with Gasteiger partial charge in [-0.1, -0.05) is 6.07 Å². The van der Waals surface area contributed by atoms with Crippen LogP contribution in [0.15, 0.2) is 18.3 Å². The predicted octanol–water partition coefficient (Wildman–Crippen LogP) is 2.35. The summed E-state index contributed by atoms with van der Waals surface area (Å²) in [6.45, 7) is 7.67. The molecule has 1 fully saturated rings. The van der Waals surface area contributed by atoms with Gasteiger partial charge in [0.05, 0.1) is 0 Å². The van der Waals surface area contributed by atoms with Crippen LogP contribution in [0.5, 0.6) is 0 Å². The largest absolute Gasteiger partial charge is 0.353 e. The second kappa shape index (κ2) is 5.70. The van der Waals surface area contributed by atoms with E-state index in [1.165, 1.54) is 4.88 Å². The van der Waals surface area contributed by atoms with E-state index < -0.39 is 0 Å². The van der Waals surface area contributed by atoms with Crippen LogP contribution < -0.4 is 9.80 Å². The van der Waals surface area contributed by atoms with Crippen LogP contribution in [0, 0.1) is 25.2 Å². The predicted molar refractivity (Wildman–Crippen MR) is 85.0 cm³/mol. The Morgan fingerprint density at radius 2 is 1.86 bits per heavy atom. The Labute approximate surface area is 128 Å². The van der Waals surface area contributed by atoms with E-state index in [4.69, 9.17) is 5.26 Å². The van der Waals surface area contributed by atoms with Crippen LogP contribution in [0.4, 0.5) is 10.9 Å². The summed E-state index contributed by atoms with van der Waals surface area (Å²) in [7, 11) is 0. The van der Waals surface area contributed by atoms with Gasteiger partial charge >= 0.3 is 0 Å². The van der Waals surface area contributed by atoms with Crippen molar-refractivity contribution in [2.45, 2.75) is 13.8 Å². The minimum Gasteiger partial charge on any atom is -0.353 e. The molecule has 0 aromatic carbocycles. The Morgan fingerprint density at radius 1 is 1.14 bits per heavy atom. The molecule has 0 saturated carbocycles. The van der Waals surface area contributed by atoms with Crippen LogP contribution in [-0.4, -0.2) is 36.1 Å². The molecule has 1 aliphatic rings. The summed E-state index contributed by atoms with van der Waals surface area (Å²) >= 11 is 1.74. The third kappa shape index (κ3) is 2.83. The third-order valence-electron chi connectivity index (χ3n) is 3.67. The van der Waals surface area contributed by atoms with E-state index in [0.29, 0.717) is 5.69 Å². The number of nitriles is 1. The van der Waals surface area contributed by atoms with Crippen LogP contribution in [-0.2, 0) is 0 Å². The minimum absolute atomic E-state index is 0.519. The van der Waals surface area contributed by atoms with Crippen molar-refractivity contribution in [3.05, 3.63) is 34.5 Å². The Hall–Kier alpha value is -2.13. The highest BCUT2D eigenvalue weighted by atomic mass is 32.1. The quantitative estimate of drug-likeness (QED) is 0.852. The van der Waals surface area contributed by atoms with Gasteiger partial charge < -0.3 is 9.80 Å². The molecule has 0 amide bonds. The fraction of sp³-hybridized carbons (Fsp3) is 0.400. The summed E-state index contributed by atoms with van der Waals surface area (Å²) in [6.07, 6.45) is 1.92. The van der Waals surface area contributed by atoms with Gasteiger partial charge in [-0.3, -0.25) is 0 Å². The van der Waals surface area contributed by atoms with Gasteiger partial charge in [-0.05, 0) is 25.5 Å². The lowest BCUT2D eigenvalue weighted by atomic mass is 10.2. The van der Waals surface area contributed by atoms with Gasteiger partial charge in [0.25, 0.3) is 0 Å². The molecule has 5 nitrogen and oxygen atoms in total. The number of nitrogens with zero attached hydrogens (tertiary/aromatic N) is 5. The van der Waals surface area contributed by atoms with Crippen molar-refractivity contribution in [2.75, 3.05) is 36.0 Å². The number of pyridine rings is 1. The third-order valence-corrected chi connectivity index (χ3v) is 4.65. The van der Waals surface area contributed by atoms with Gasteiger partial charge in [0.15, 0.2) is 5.13 Å². The van der Waals surface area contributed by atoms with Crippen LogP contribution in [0.2, 0.25) is 0 Å². The molecule has 0 spiro atoms. The summed E-state index contributed by atoms with van der Waals surface area (Å²) < 4.78 is 0. The molecule has 1 saturated heterocycles. The van der Waals surface area contributed by atoms with Gasteiger partial charge in [-0.2, -0.15) is 5.26 Å². The highest BCUT2D eigenvalue weighted by Gasteiger charge is 2.20. The van der Waals surface area contributed by atoms with Gasteiger partial charge in [0, 0.05) is 37.3 Å². The minimum atomic E-state index is 0.519. The van der Waals surface area contributed by atoms with Crippen molar-refractivity contribution in [1.82, 2.24) is 9.97 Å². The van der Waals surface area contributed by atoms with Crippen molar-refractivity contribution in [3.63, 3.8) is 0 Å². The van der Waals surface area contributed by atoms with E-state index in [1.54, 1.807) is 11.3 Å². The smallest absolute Gasteiger partial charge is 0.185 e. The van der Waals surface area contributed by atoms with Crippen molar-refractivity contribution >= 4 is 22.3 Å². The van der Waals surface area contributed by atoms with Crippen molar-refractivity contribution in [3.8, 4) is 6.07 Å². The van der Waals surface area contributed by atoms with Crippen molar-refractivity contribution in [1.29, 1.82) is 5.26 Å². The van der Waals surface area contributed by atoms with Crippen LogP contribution in [0.3, 0.4) is 0 Å². The number of hydrogen-bond acceptors (Lipinski definition) is 6. The number of piperazine rings is 1. The number of aromatic nitrogens is 2. The molecule has 0 atom stereocenters. The van der Waals surface area contributed by atoms with E-state index in [-0.39, 0.29) is 0 Å². The zero-order chi connectivity index (χ0) is 14.8. The van der Waals surface area contributed by atoms with E-state index in [9.17, 15) is 0 Å². The summed E-state index contributed by atoms with van der Waals surface area (Å²) in [5, 5.41) is 10.2. The van der Waals surface area contributed by atoms with E-state index >= 15 is 0 Å². The molecule has 0 N–H and O–H groups in total. The average Bonchev–Trinajstić information content (AvgIpc) is 2.94. The molecule has 2 aromatic heterocycles. The molecule has 0 aliphatic carbocycles. The first kappa shape index (κ1) is 13.8. The Kier molecular flexibility index (Phi) is 3.76. The molecule has 0 unspecified atom stereocenters. The zero-order valence-corrected chi connectivity index (χ0v) is 13.0. The molecule has 3 heterocycles. The summed E-state index contributed by atoms with van der Waals surface area (Å²) in [5.74, 6) is 0.895. The van der Waals surface area contributed by atoms with E-state index in [2.05, 4.69) is 32.8 Å². The van der Waals surface area contributed by atoms with Crippen LogP contribution in [0.1, 0.15) is 16.1 Å². The highest BCUT2D eigenvalue weighted by Crippen LogP contribution is 2.24. The Morgan fingerprint density at radius 3 is 2.48 bits per heavy atom.